The molecule has 29 heavy (non-hydrogen) atoms. The molecule has 1 amide bonds. The predicted molar refractivity (Wildman–Crippen MR) is 108 cm³/mol. The highest BCUT2D eigenvalue weighted by Gasteiger charge is 2.19. The van der Waals surface area contributed by atoms with Crippen LogP contribution in [-0.4, -0.2) is 35.4 Å². The van der Waals surface area contributed by atoms with Crippen molar-refractivity contribution in [1.82, 2.24) is 9.78 Å². The minimum absolute atomic E-state index is 0.00546. The number of anilines is 1. The summed E-state index contributed by atoms with van der Waals surface area (Å²) in [7, 11) is 1.55. The molecule has 1 aromatic heterocycles. The Balaban J connectivity index is 1.74. The van der Waals surface area contributed by atoms with Crippen molar-refractivity contribution in [3.63, 3.8) is 0 Å². The maximum atomic E-state index is 12.6. The summed E-state index contributed by atoms with van der Waals surface area (Å²) in [5.41, 5.74) is 0.286. The molecule has 0 unspecified atom stereocenters. The normalized spacial score (nSPS) is 10.6. The number of methoxy groups -OCH3 is 1. The average molecular weight is 395 g/mol. The standard InChI is InChI=1S/C21H21N3O5/c1-3-12-24-20(26)17-7-5-4-6-16(17)19(23-24)21(27)29-13-18(25)22-14-8-10-15(28-2)11-9-14/h4-11H,3,12-13H2,1-2H3,(H,22,25). The van der Waals surface area contributed by atoms with Crippen molar-refractivity contribution in [3.8, 4) is 5.75 Å². The van der Waals surface area contributed by atoms with Gasteiger partial charge in [-0.2, -0.15) is 5.10 Å². The maximum absolute atomic E-state index is 12.6. The Morgan fingerprint density at radius 3 is 2.41 bits per heavy atom. The number of carbonyl (C=O) groups is 2. The molecule has 3 aromatic rings. The van der Waals surface area contributed by atoms with E-state index in [1.807, 2.05) is 6.92 Å². The van der Waals surface area contributed by atoms with Crippen LogP contribution in [0.15, 0.2) is 53.3 Å². The quantitative estimate of drug-likeness (QED) is 0.618. The molecule has 0 aliphatic carbocycles. The number of hydrogen-bond donors (Lipinski definition) is 1. The lowest BCUT2D eigenvalue weighted by molar-refractivity contribution is -0.119. The van der Waals surface area contributed by atoms with Gasteiger partial charge in [-0.3, -0.25) is 9.59 Å². The van der Waals surface area contributed by atoms with Crippen LogP contribution in [-0.2, 0) is 16.1 Å². The summed E-state index contributed by atoms with van der Waals surface area (Å²) in [5, 5.41) is 7.56. The van der Waals surface area contributed by atoms with E-state index < -0.39 is 18.5 Å². The van der Waals surface area contributed by atoms with Crippen LogP contribution in [0.2, 0.25) is 0 Å². The molecule has 0 spiro atoms. The van der Waals surface area contributed by atoms with Gasteiger partial charge in [0, 0.05) is 17.6 Å². The van der Waals surface area contributed by atoms with Gasteiger partial charge in [-0.05, 0) is 36.8 Å². The Hall–Kier alpha value is -3.68. The number of carbonyl (C=O) groups excluding carboxylic acids is 2. The molecule has 1 N–H and O–H groups in total. The topological polar surface area (TPSA) is 99.5 Å². The largest absolute Gasteiger partial charge is 0.497 e. The molecular formula is C21H21N3O5. The zero-order valence-corrected chi connectivity index (χ0v) is 16.2. The zero-order chi connectivity index (χ0) is 20.8. The van der Waals surface area contributed by atoms with Crippen molar-refractivity contribution in [3.05, 3.63) is 64.6 Å². The van der Waals surface area contributed by atoms with Crippen molar-refractivity contribution in [2.45, 2.75) is 19.9 Å². The fourth-order valence-electron chi connectivity index (χ4n) is 2.82. The Labute approximate surface area is 167 Å². The van der Waals surface area contributed by atoms with Gasteiger partial charge in [-0.15, -0.1) is 0 Å². The van der Waals surface area contributed by atoms with Gasteiger partial charge in [-0.25, -0.2) is 9.48 Å². The molecule has 0 saturated carbocycles. The SMILES string of the molecule is CCCn1nc(C(=O)OCC(=O)Nc2ccc(OC)cc2)c2ccccc2c1=O. The average Bonchev–Trinajstić information content (AvgIpc) is 2.74. The van der Waals surface area contributed by atoms with Crippen molar-refractivity contribution < 1.29 is 19.1 Å². The van der Waals surface area contributed by atoms with E-state index >= 15 is 0 Å². The van der Waals surface area contributed by atoms with Crippen molar-refractivity contribution >= 4 is 28.3 Å². The number of rotatable bonds is 7. The molecule has 0 saturated heterocycles. The number of fused-ring (bicyclic) bond motifs is 1. The highest BCUT2D eigenvalue weighted by atomic mass is 16.5. The van der Waals surface area contributed by atoms with Crippen molar-refractivity contribution in [1.29, 1.82) is 0 Å². The molecule has 0 atom stereocenters. The number of ether oxygens (including phenoxy) is 2. The minimum Gasteiger partial charge on any atom is -0.497 e. The van der Waals surface area contributed by atoms with Crippen LogP contribution in [0, 0.1) is 0 Å². The van der Waals surface area contributed by atoms with E-state index in [0.29, 0.717) is 35.2 Å². The van der Waals surface area contributed by atoms with Gasteiger partial charge < -0.3 is 14.8 Å². The monoisotopic (exact) mass is 395 g/mol. The Morgan fingerprint density at radius 2 is 1.76 bits per heavy atom. The van der Waals surface area contributed by atoms with Gasteiger partial charge in [0.05, 0.1) is 12.5 Å². The number of nitrogens with zero attached hydrogens (tertiary/aromatic N) is 2. The van der Waals surface area contributed by atoms with Crippen LogP contribution in [0.1, 0.15) is 23.8 Å². The van der Waals surface area contributed by atoms with Crippen molar-refractivity contribution in [2.75, 3.05) is 19.0 Å². The van der Waals surface area contributed by atoms with Crippen LogP contribution in [0.25, 0.3) is 10.8 Å². The van der Waals surface area contributed by atoms with Gasteiger partial charge >= 0.3 is 5.97 Å². The third kappa shape index (κ3) is 4.60. The second-order valence-electron chi connectivity index (χ2n) is 6.28. The number of amides is 1. The Bertz CT molecular complexity index is 1090. The molecule has 1 heterocycles. The van der Waals surface area contributed by atoms with Crippen LogP contribution in [0.3, 0.4) is 0 Å². The lowest BCUT2D eigenvalue weighted by Gasteiger charge is -2.10. The molecule has 0 fully saturated rings. The Morgan fingerprint density at radius 1 is 1.07 bits per heavy atom. The fraction of sp³-hybridized carbons (Fsp3) is 0.238. The summed E-state index contributed by atoms with van der Waals surface area (Å²) in [6, 6.07) is 13.5. The summed E-state index contributed by atoms with van der Waals surface area (Å²) >= 11 is 0. The molecule has 0 aliphatic rings. The molecule has 8 nitrogen and oxygen atoms in total. The number of aryl methyl sites for hydroxylation is 1. The highest BCUT2D eigenvalue weighted by Crippen LogP contribution is 2.16. The molecule has 2 aromatic carbocycles. The summed E-state index contributed by atoms with van der Waals surface area (Å²) < 4.78 is 11.4. The third-order valence-corrected chi connectivity index (χ3v) is 4.20. The number of hydrogen-bond acceptors (Lipinski definition) is 6. The molecule has 8 heteroatoms. The molecule has 0 radical (unpaired) electrons. The van der Waals surface area contributed by atoms with Gasteiger partial charge in [0.15, 0.2) is 12.3 Å². The van der Waals surface area contributed by atoms with Crippen molar-refractivity contribution in [2.24, 2.45) is 0 Å². The van der Waals surface area contributed by atoms with Gasteiger partial charge in [0.25, 0.3) is 11.5 Å². The number of nitrogens with one attached hydrogen (secondary N) is 1. The zero-order valence-electron chi connectivity index (χ0n) is 16.2. The van der Waals surface area contributed by atoms with Crippen LogP contribution >= 0.6 is 0 Å². The van der Waals surface area contributed by atoms with Gasteiger partial charge in [0.1, 0.15) is 5.75 Å². The summed E-state index contributed by atoms with van der Waals surface area (Å²) in [6.07, 6.45) is 0.685. The van der Waals surface area contributed by atoms with Crippen LogP contribution in [0.5, 0.6) is 5.75 Å². The molecule has 0 aliphatic heterocycles. The molecule has 150 valence electrons. The lowest BCUT2D eigenvalue weighted by atomic mass is 10.1. The second-order valence-corrected chi connectivity index (χ2v) is 6.28. The highest BCUT2D eigenvalue weighted by molar-refractivity contribution is 6.03. The van der Waals surface area contributed by atoms with Gasteiger partial charge in [-0.1, -0.05) is 25.1 Å². The van der Waals surface area contributed by atoms with E-state index in [1.165, 1.54) is 4.68 Å². The number of aromatic nitrogens is 2. The van der Waals surface area contributed by atoms with Crippen LogP contribution < -0.4 is 15.6 Å². The summed E-state index contributed by atoms with van der Waals surface area (Å²) in [4.78, 5) is 37.1. The smallest absolute Gasteiger partial charge is 0.359 e. The summed E-state index contributed by atoms with van der Waals surface area (Å²) in [6.45, 7) is 1.81. The minimum atomic E-state index is -0.768. The van der Waals surface area contributed by atoms with E-state index in [-0.39, 0.29) is 11.3 Å². The second kappa shape index (κ2) is 9.01. The first-order chi connectivity index (χ1) is 14.0. The third-order valence-electron chi connectivity index (χ3n) is 4.20. The van der Waals surface area contributed by atoms with Crippen LogP contribution in [0.4, 0.5) is 5.69 Å². The maximum Gasteiger partial charge on any atom is 0.359 e. The molecule has 0 bridgehead atoms. The number of esters is 1. The molecule has 3 rings (SSSR count). The molecular weight excluding hydrogens is 374 g/mol. The first-order valence-corrected chi connectivity index (χ1v) is 9.14. The summed E-state index contributed by atoms with van der Waals surface area (Å²) in [5.74, 6) is -0.597. The van der Waals surface area contributed by atoms with E-state index in [0.717, 1.165) is 0 Å². The van der Waals surface area contributed by atoms with E-state index in [9.17, 15) is 14.4 Å². The predicted octanol–water partition coefficient (Wildman–Crippen LogP) is 2.61. The number of benzene rings is 2. The fourth-order valence-corrected chi connectivity index (χ4v) is 2.82. The van der Waals surface area contributed by atoms with E-state index in [4.69, 9.17) is 9.47 Å². The first-order valence-electron chi connectivity index (χ1n) is 9.14. The van der Waals surface area contributed by atoms with Gasteiger partial charge in [0.2, 0.25) is 0 Å². The Kier molecular flexibility index (Phi) is 6.23. The lowest BCUT2D eigenvalue weighted by Crippen LogP contribution is -2.27. The van der Waals surface area contributed by atoms with E-state index in [1.54, 1.807) is 55.6 Å². The van der Waals surface area contributed by atoms with E-state index in [2.05, 4.69) is 10.4 Å². The first kappa shape index (κ1) is 20.1.